The minimum atomic E-state index is -0.595. The van der Waals surface area contributed by atoms with E-state index in [4.69, 9.17) is 4.74 Å². The lowest BCUT2D eigenvalue weighted by atomic mass is 10.0. The smallest absolute Gasteiger partial charge is 0.407 e. The molecule has 0 bridgehead atoms. The highest BCUT2D eigenvalue weighted by atomic mass is 16.5. The molecule has 4 nitrogen and oxygen atoms in total. The van der Waals surface area contributed by atoms with Gasteiger partial charge in [0.05, 0.1) is 6.54 Å². The molecule has 2 aromatic rings. The van der Waals surface area contributed by atoms with Crippen molar-refractivity contribution in [3.8, 4) is 0 Å². The fraction of sp³-hybridized carbons (Fsp3) is 0.222. The molecule has 1 N–H and O–H groups in total. The molecule has 0 radical (unpaired) electrons. The van der Waals surface area contributed by atoms with Gasteiger partial charge in [-0.05, 0) is 31.0 Å². The first-order valence-corrected chi connectivity index (χ1v) is 7.11. The number of ether oxygens (including phenoxy) is 1. The van der Waals surface area contributed by atoms with Crippen LogP contribution in [0.3, 0.4) is 0 Å². The van der Waals surface area contributed by atoms with Crippen molar-refractivity contribution in [2.24, 2.45) is 0 Å². The zero-order chi connectivity index (χ0) is 15.9. The van der Waals surface area contributed by atoms with Crippen molar-refractivity contribution in [2.45, 2.75) is 20.5 Å². The number of carbonyl (C=O) groups is 2. The first kappa shape index (κ1) is 15.8. The average molecular weight is 297 g/mol. The van der Waals surface area contributed by atoms with Crippen LogP contribution >= 0.6 is 0 Å². The van der Waals surface area contributed by atoms with Gasteiger partial charge in [0, 0.05) is 5.56 Å². The minimum absolute atomic E-state index is 0.0715. The monoisotopic (exact) mass is 297 g/mol. The summed E-state index contributed by atoms with van der Waals surface area (Å²) in [6, 6.07) is 15.1. The number of aryl methyl sites for hydroxylation is 2. The molecule has 2 rings (SSSR count). The number of alkyl carbamates (subject to hydrolysis) is 1. The molecule has 0 spiro atoms. The van der Waals surface area contributed by atoms with Crippen molar-refractivity contribution in [3.05, 3.63) is 70.8 Å². The lowest BCUT2D eigenvalue weighted by Crippen LogP contribution is -2.30. The third-order valence-corrected chi connectivity index (χ3v) is 3.30. The third kappa shape index (κ3) is 4.45. The molecule has 0 saturated heterocycles. The second-order valence-electron chi connectivity index (χ2n) is 5.16. The Bertz CT molecular complexity index is 665. The predicted molar refractivity (Wildman–Crippen MR) is 84.9 cm³/mol. The maximum atomic E-state index is 12.1. The van der Waals surface area contributed by atoms with E-state index in [1.165, 1.54) is 0 Å². The topological polar surface area (TPSA) is 55.4 Å². The van der Waals surface area contributed by atoms with E-state index in [0.29, 0.717) is 5.56 Å². The molecule has 1 amide bonds. The Hall–Kier alpha value is -2.62. The molecule has 4 heteroatoms. The Kier molecular flexibility index (Phi) is 5.31. The van der Waals surface area contributed by atoms with Gasteiger partial charge in [0.1, 0.15) is 6.61 Å². The van der Waals surface area contributed by atoms with Gasteiger partial charge in [0.15, 0.2) is 5.78 Å². The number of rotatable bonds is 5. The fourth-order valence-electron chi connectivity index (χ4n) is 2.06. The van der Waals surface area contributed by atoms with Crippen LogP contribution in [0.1, 0.15) is 27.0 Å². The predicted octanol–water partition coefficient (Wildman–Crippen LogP) is 3.41. The fourth-order valence-corrected chi connectivity index (χ4v) is 2.06. The summed E-state index contributed by atoms with van der Waals surface area (Å²) in [5.41, 5.74) is 3.44. The maximum Gasteiger partial charge on any atom is 0.407 e. The van der Waals surface area contributed by atoms with E-state index in [2.05, 4.69) is 5.32 Å². The molecule has 0 unspecified atom stereocenters. The highest BCUT2D eigenvalue weighted by Crippen LogP contribution is 2.11. The molecule has 0 fully saturated rings. The van der Waals surface area contributed by atoms with Crippen LogP contribution in [0.15, 0.2) is 48.5 Å². The normalized spacial score (nSPS) is 10.1. The van der Waals surface area contributed by atoms with Crippen LogP contribution in [0.2, 0.25) is 0 Å². The molecular formula is C18H19NO3. The molecule has 22 heavy (non-hydrogen) atoms. The molecule has 0 aliphatic heterocycles. The van der Waals surface area contributed by atoms with E-state index in [1.807, 2.05) is 62.4 Å². The van der Waals surface area contributed by atoms with Gasteiger partial charge in [-0.15, -0.1) is 0 Å². The summed E-state index contributed by atoms with van der Waals surface area (Å²) in [6.07, 6.45) is -0.595. The van der Waals surface area contributed by atoms with E-state index in [-0.39, 0.29) is 18.9 Å². The minimum Gasteiger partial charge on any atom is -0.445 e. The Morgan fingerprint density at radius 1 is 1.05 bits per heavy atom. The number of benzene rings is 2. The molecule has 0 saturated carbocycles. The van der Waals surface area contributed by atoms with Crippen molar-refractivity contribution in [1.82, 2.24) is 5.32 Å². The molecule has 0 aliphatic carbocycles. The number of nitrogens with one attached hydrogen (secondary N) is 1. The van der Waals surface area contributed by atoms with Crippen LogP contribution < -0.4 is 5.32 Å². The SMILES string of the molecule is Cc1ccc(C)c(C(=O)CNC(=O)OCc2ccccc2)c1. The van der Waals surface area contributed by atoms with E-state index in [1.54, 1.807) is 0 Å². The Balaban J connectivity index is 1.83. The largest absolute Gasteiger partial charge is 0.445 e. The second kappa shape index (κ2) is 7.41. The number of ketones is 1. The van der Waals surface area contributed by atoms with Crippen LogP contribution in [-0.2, 0) is 11.3 Å². The van der Waals surface area contributed by atoms with Crippen LogP contribution in [0.4, 0.5) is 4.79 Å². The van der Waals surface area contributed by atoms with Crippen LogP contribution in [0, 0.1) is 13.8 Å². The zero-order valence-electron chi connectivity index (χ0n) is 12.8. The summed E-state index contributed by atoms with van der Waals surface area (Å²) in [5, 5.41) is 2.49. The van der Waals surface area contributed by atoms with Crippen LogP contribution in [0.25, 0.3) is 0 Å². The van der Waals surface area contributed by atoms with Gasteiger partial charge in [0.2, 0.25) is 0 Å². The summed E-state index contributed by atoms with van der Waals surface area (Å²) < 4.78 is 5.07. The number of hydrogen-bond donors (Lipinski definition) is 1. The number of Topliss-reactive ketones (excluding diaryl/α,β-unsaturated/α-hetero) is 1. The summed E-state index contributed by atoms with van der Waals surface area (Å²) in [4.78, 5) is 23.7. The molecule has 114 valence electrons. The van der Waals surface area contributed by atoms with Crippen molar-refractivity contribution in [1.29, 1.82) is 0 Å². The Morgan fingerprint density at radius 3 is 2.50 bits per heavy atom. The first-order chi connectivity index (χ1) is 10.6. The zero-order valence-corrected chi connectivity index (χ0v) is 12.8. The first-order valence-electron chi connectivity index (χ1n) is 7.11. The highest BCUT2D eigenvalue weighted by Gasteiger charge is 2.11. The van der Waals surface area contributed by atoms with E-state index >= 15 is 0 Å². The van der Waals surface area contributed by atoms with Gasteiger partial charge >= 0.3 is 6.09 Å². The second-order valence-corrected chi connectivity index (χ2v) is 5.16. The summed E-state index contributed by atoms with van der Waals surface area (Å²) in [7, 11) is 0. The third-order valence-electron chi connectivity index (χ3n) is 3.30. The van der Waals surface area contributed by atoms with Crippen LogP contribution in [-0.4, -0.2) is 18.4 Å². The molecule has 0 heterocycles. The van der Waals surface area contributed by atoms with Gasteiger partial charge < -0.3 is 10.1 Å². The summed E-state index contributed by atoms with van der Waals surface area (Å²) >= 11 is 0. The molecule has 0 aromatic heterocycles. The van der Waals surface area contributed by atoms with Gasteiger partial charge in [-0.1, -0.05) is 48.0 Å². The molecule has 0 atom stereocenters. The van der Waals surface area contributed by atoms with E-state index in [0.717, 1.165) is 16.7 Å². The number of amides is 1. The molecule has 2 aromatic carbocycles. The van der Waals surface area contributed by atoms with Gasteiger partial charge in [-0.3, -0.25) is 4.79 Å². The van der Waals surface area contributed by atoms with E-state index < -0.39 is 6.09 Å². The van der Waals surface area contributed by atoms with Crippen molar-refractivity contribution in [3.63, 3.8) is 0 Å². The summed E-state index contributed by atoms with van der Waals surface area (Å²) in [5.74, 6) is -0.127. The highest BCUT2D eigenvalue weighted by molar-refractivity contribution is 6.00. The lowest BCUT2D eigenvalue weighted by Gasteiger charge is -2.08. The molecular weight excluding hydrogens is 278 g/mol. The standard InChI is InChI=1S/C18H19NO3/c1-13-8-9-14(2)16(10-13)17(20)11-19-18(21)22-12-15-6-4-3-5-7-15/h3-10H,11-12H2,1-2H3,(H,19,21). The number of hydrogen-bond acceptors (Lipinski definition) is 3. The summed E-state index contributed by atoms with van der Waals surface area (Å²) in [6.45, 7) is 3.92. The van der Waals surface area contributed by atoms with Crippen molar-refractivity contribution in [2.75, 3.05) is 6.54 Å². The number of carbonyl (C=O) groups excluding carboxylic acids is 2. The van der Waals surface area contributed by atoms with Crippen molar-refractivity contribution < 1.29 is 14.3 Å². The Labute approximate surface area is 130 Å². The van der Waals surface area contributed by atoms with Gasteiger partial charge in [-0.2, -0.15) is 0 Å². The Morgan fingerprint density at radius 2 is 1.77 bits per heavy atom. The van der Waals surface area contributed by atoms with Gasteiger partial charge in [0.25, 0.3) is 0 Å². The lowest BCUT2D eigenvalue weighted by molar-refractivity contribution is 0.0973. The maximum absolute atomic E-state index is 12.1. The van der Waals surface area contributed by atoms with E-state index in [9.17, 15) is 9.59 Å². The molecule has 0 aliphatic rings. The average Bonchev–Trinajstić information content (AvgIpc) is 2.54. The van der Waals surface area contributed by atoms with Crippen molar-refractivity contribution >= 4 is 11.9 Å². The van der Waals surface area contributed by atoms with Crippen LogP contribution in [0.5, 0.6) is 0 Å². The quantitative estimate of drug-likeness (QED) is 0.860. The van der Waals surface area contributed by atoms with Gasteiger partial charge in [-0.25, -0.2) is 4.79 Å².